The van der Waals surface area contributed by atoms with Gasteiger partial charge in [-0.3, -0.25) is 4.79 Å². The molecule has 0 heterocycles. The van der Waals surface area contributed by atoms with Gasteiger partial charge in [0, 0.05) is 18.4 Å². The van der Waals surface area contributed by atoms with Crippen LogP contribution in [0.15, 0.2) is 24.3 Å². The molecule has 0 bridgehead atoms. The monoisotopic (exact) mass is 283 g/mol. The van der Waals surface area contributed by atoms with Crippen LogP contribution in [0.3, 0.4) is 0 Å². The Labute approximate surface area is 106 Å². The summed E-state index contributed by atoms with van der Waals surface area (Å²) in [6, 6.07) is 8.05. The molecular formula is C13H18BrNO. The molecule has 0 aliphatic rings. The molecule has 2 nitrogen and oxygen atoms in total. The van der Waals surface area contributed by atoms with Crippen LogP contribution in [0.2, 0.25) is 0 Å². The number of benzene rings is 1. The van der Waals surface area contributed by atoms with Crippen molar-refractivity contribution >= 4 is 21.8 Å². The van der Waals surface area contributed by atoms with Crippen molar-refractivity contribution in [2.24, 2.45) is 0 Å². The highest BCUT2D eigenvalue weighted by atomic mass is 79.9. The molecule has 88 valence electrons. The van der Waals surface area contributed by atoms with Gasteiger partial charge in [-0.1, -0.05) is 40.2 Å². The minimum absolute atomic E-state index is 0.205. The highest BCUT2D eigenvalue weighted by Gasteiger charge is 2.12. The minimum Gasteiger partial charge on any atom is -0.342 e. The van der Waals surface area contributed by atoms with E-state index < -0.39 is 0 Å². The van der Waals surface area contributed by atoms with Gasteiger partial charge in [0.2, 0.25) is 5.91 Å². The Bertz CT molecular complexity index is 352. The van der Waals surface area contributed by atoms with E-state index in [1.165, 1.54) is 5.56 Å². The van der Waals surface area contributed by atoms with Gasteiger partial charge in [0.25, 0.3) is 0 Å². The summed E-state index contributed by atoms with van der Waals surface area (Å²) in [4.78, 5) is 13.9. The van der Waals surface area contributed by atoms with Crippen LogP contribution in [0.4, 0.5) is 0 Å². The first-order valence-corrected chi connectivity index (χ1v) is 6.69. The van der Waals surface area contributed by atoms with Crippen molar-refractivity contribution < 1.29 is 4.79 Å². The van der Waals surface area contributed by atoms with Gasteiger partial charge in [0.05, 0.1) is 6.42 Å². The number of aryl methyl sites for hydroxylation is 1. The first-order valence-electron chi connectivity index (χ1n) is 5.57. The molecule has 0 unspecified atom stereocenters. The Kier molecular flexibility index (Phi) is 5.53. The average Bonchev–Trinajstić information content (AvgIpc) is 2.29. The van der Waals surface area contributed by atoms with Gasteiger partial charge in [-0.25, -0.2) is 0 Å². The lowest BCUT2D eigenvalue weighted by Gasteiger charge is -2.20. The molecule has 3 heteroatoms. The third kappa shape index (κ3) is 3.63. The van der Waals surface area contributed by atoms with E-state index in [1.54, 1.807) is 0 Å². The third-order valence-electron chi connectivity index (χ3n) is 2.69. The number of hydrogen-bond acceptors (Lipinski definition) is 1. The highest BCUT2D eigenvalue weighted by Crippen LogP contribution is 2.09. The maximum atomic E-state index is 12.0. The quantitative estimate of drug-likeness (QED) is 0.761. The number of hydrogen-bond donors (Lipinski definition) is 0. The Hall–Kier alpha value is -0.830. The van der Waals surface area contributed by atoms with Gasteiger partial charge in [0.15, 0.2) is 0 Å². The molecule has 0 radical (unpaired) electrons. The first-order chi connectivity index (χ1) is 7.69. The fraction of sp³-hybridized carbons (Fsp3) is 0.462. The van der Waals surface area contributed by atoms with Crippen LogP contribution in [0.1, 0.15) is 18.1 Å². The molecule has 1 amide bonds. The summed E-state index contributed by atoms with van der Waals surface area (Å²) in [5, 5.41) is 0.834. The number of carbonyl (C=O) groups excluding carboxylic acids is 1. The van der Waals surface area contributed by atoms with Gasteiger partial charge in [-0.2, -0.15) is 0 Å². The zero-order valence-corrected chi connectivity index (χ0v) is 11.5. The summed E-state index contributed by atoms with van der Waals surface area (Å²) in [5.41, 5.74) is 2.31. The number of rotatable bonds is 5. The summed E-state index contributed by atoms with van der Waals surface area (Å²) in [7, 11) is 0. The normalized spacial score (nSPS) is 10.2. The van der Waals surface area contributed by atoms with Crippen LogP contribution < -0.4 is 0 Å². The van der Waals surface area contributed by atoms with E-state index >= 15 is 0 Å². The van der Waals surface area contributed by atoms with E-state index in [0.717, 1.165) is 24.0 Å². The smallest absolute Gasteiger partial charge is 0.227 e. The second-order valence-corrected chi connectivity index (χ2v) is 4.56. The number of amides is 1. The lowest BCUT2D eigenvalue weighted by atomic mass is 10.1. The summed E-state index contributed by atoms with van der Waals surface area (Å²) < 4.78 is 0. The van der Waals surface area contributed by atoms with E-state index in [9.17, 15) is 4.79 Å². The molecular weight excluding hydrogens is 266 g/mol. The molecule has 0 fully saturated rings. The lowest BCUT2D eigenvalue weighted by Crippen LogP contribution is -2.33. The van der Waals surface area contributed by atoms with Crippen LogP contribution in [-0.2, 0) is 11.2 Å². The van der Waals surface area contributed by atoms with E-state index in [1.807, 2.05) is 43.0 Å². The molecule has 0 N–H and O–H groups in total. The largest absolute Gasteiger partial charge is 0.342 e. The van der Waals surface area contributed by atoms with E-state index in [0.29, 0.717) is 6.42 Å². The topological polar surface area (TPSA) is 20.3 Å². The molecule has 0 saturated carbocycles. The molecule has 1 aromatic carbocycles. The second-order valence-electron chi connectivity index (χ2n) is 3.77. The van der Waals surface area contributed by atoms with E-state index in [4.69, 9.17) is 0 Å². The lowest BCUT2D eigenvalue weighted by molar-refractivity contribution is -0.130. The van der Waals surface area contributed by atoms with Crippen LogP contribution in [0.5, 0.6) is 0 Å². The van der Waals surface area contributed by atoms with Gasteiger partial charge < -0.3 is 4.90 Å². The standard InChI is InChI=1S/C13H18BrNO/c1-3-15(9-8-14)13(16)10-12-7-5-4-6-11(12)2/h4-7H,3,8-10H2,1-2H3. The second kappa shape index (κ2) is 6.69. The molecule has 0 aliphatic carbocycles. The van der Waals surface area contributed by atoms with Crippen molar-refractivity contribution in [2.75, 3.05) is 18.4 Å². The van der Waals surface area contributed by atoms with Crippen molar-refractivity contribution in [3.63, 3.8) is 0 Å². The first kappa shape index (κ1) is 13.2. The van der Waals surface area contributed by atoms with Crippen LogP contribution in [0, 0.1) is 6.92 Å². The minimum atomic E-state index is 0.205. The van der Waals surface area contributed by atoms with E-state index in [-0.39, 0.29) is 5.91 Å². The molecule has 0 saturated heterocycles. The van der Waals surface area contributed by atoms with Crippen LogP contribution >= 0.6 is 15.9 Å². The number of alkyl halides is 1. The number of likely N-dealkylation sites (N-methyl/N-ethyl adjacent to an activating group) is 1. The predicted octanol–water partition coefficient (Wildman–Crippen LogP) is 2.78. The molecule has 0 aliphatic heterocycles. The fourth-order valence-corrected chi connectivity index (χ4v) is 2.07. The van der Waals surface area contributed by atoms with Crippen molar-refractivity contribution in [1.82, 2.24) is 4.90 Å². The Morgan fingerprint density at radius 1 is 1.38 bits per heavy atom. The maximum Gasteiger partial charge on any atom is 0.227 e. The predicted molar refractivity (Wildman–Crippen MR) is 70.9 cm³/mol. The molecule has 16 heavy (non-hydrogen) atoms. The van der Waals surface area contributed by atoms with Crippen LogP contribution in [0.25, 0.3) is 0 Å². The van der Waals surface area contributed by atoms with Crippen LogP contribution in [-0.4, -0.2) is 29.2 Å². The summed E-state index contributed by atoms with van der Waals surface area (Å²) >= 11 is 3.37. The van der Waals surface area contributed by atoms with Gasteiger partial charge in [-0.15, -0.1) is 0 Å². The van der Waals surface area contributed by atoms with Gasteiger partial charge in [-0.05, 0) is 25.0 Å². The van der Waals surface area contributed by atoms with Crippen molar-refractivity contribution in [3.8, 4) is 0 Å². The summed E-state index contributed by atoms with van der Waals surface area (Å²) in [6.07, 6.45) is 0.507. The highest BCUT2D eigenvalue weighted by molar-refractivity contribution is 9.09. The summed E-state index contributed by atoms with van der Waals surface area (Å²) in [6.45, 7) is 5.61. The Morgan fingerprint density at radius 2 is 2.06 bits per heavy atom. The van der Waals surface area contributed by atoms with E-state index in [2.05, 4.69) is 15.9 Å². The van der Waals surface area contributed by atoms with Crippen molar-refractivity contribution in [2.45, 2.75) is 20.3 Å². The zero-order chi connectivity index (χ0) is 12.0. The Balaban J connectivity index is 2.66. The third-order valence-corrected chi connectivity index (χ3v) is 3.05. The molecule has 0 aromatic heterocycles. The number of nitrogens with zero attached hydrogens (tertiary/aromatic N) is 1. The van der Waals surface area contributed by atoms with Gasteiger partial charge in [0.1, 0.15) is 0 Å². The maximum absolute atomic E-state index is 12.0. The molecule has 0 atom stereocenters. The molecule has 1 aromatic rings. The fourth-order valence-electron chi connectivity index (χ4n) is 1.64. The Morgan fingerprint density at radius 3 is 2.62 bits per heavy atom. The zero-order valence-electron chi connectivity index (χ0n) is 9.87. The number of halogens is 1. The molecule has 1 rings (SSSR count). The number of carbonyl (C=O) groups is 1. The SMILES string of the molecule is CCN(CCBr)C(=O)Cc1ccccc1C. The van der Waals surface area contributed by atoms with Crippen molar-refractivity contribution in [1.29, 1.82) is 0 Å². The van der Waals surface area contributed by atoms with Gasteiger partial charge >= 0.3 is 0 Å². The molecule has 0 spiro atoms. The average molecular weight is 284 g/mol. The summed E-state index contributed by atoms with van der Waals surface area (Å²) in [5.74, 6) is 0.205. The van der Waals surface area contributed by atoms with Crippen molar-refractivity contribution in [3.05, 3.63) is 35.4 Å².